The lowest BCUT2D eigenvalue weighted by Gasteiger charge is -2.18. The van der Waals surface area contributed by atoms with Crippen LogP contribution in [0.1, 0.15) is 24.9 Å². The second kappa shape index (κ2) is 7.45. The minimum atomic E-state index is 0.00641. The Bertz CT molecular complexity index is 518. The molecule has 0 aliphatic heterocycles. The van der Waals surface area contributed by atoms with Crippen molar-refractivity contribution in [2.45, 2.75) is 19.4 Å². The molecule has 0 radical (unpaired) electrons. The highest BCUT2D eigenvalue weighted by Crippen LogP contribution is 2.18. The Labute approximate surface area is 119 Å². The van der Waals surface area contributed by atoms with Gasteiger partial charge in [-0.15, -0.1) is 0 Å². The first-order valence-corrected chi connectivity index (χ1v) is 6.80. The third-order valence-corrected chi connectivity index (χ3v) is 2.83. The van der Waals surface area contributed by atoms with Gasteiger partial charge in [0.05, 0.1) is 25.0 Å². The van der Waals surface area contributed by atoms with Crippen molar-refractivity contribution in [1.29, 1.82) is 0 Å². The molecule has 0 spiro atoms. The second-order valence-corrected chi connectivity index (χ2v) is 4.43. The molecule has 2 rings (SSSR count). The zero-order valence-electron chi connectivity index (χ0n) is 11.6. The fourth-order valence-electron chi connectivity index (χ4n) is 1.84. The summed E-state index contributed by atoms with van der Waals surface area (Å²) in [6.45, 7) is 3.16. The Balaban J connectivity index is 2.07. The second-order valence-electron chi connectivity index (χ2n) is 4.43. The predicted molar refractivity (Wildman–Crippen MR) is 79.7 cm³/mol. The average Bonchev–Trinajstić information content (AvgIpc) is 2.52. The third-order valence-electron chi connectivity index (χ3n) is 2.83. The number of benzene rings is 1. The quantitative estimate of drug-likeness (QED) is 0.809. The van der Waals surface area contributed by atoms with Crippen LogP contribution >= 0.6 is 0 Å². The van der Waals surface area contributed by atoms with Gasteiger partial charge < -0.3 is 15.8 Å². The van der Waals surface area contributed by atoms with E-state index in [9.17, 15) is 0 Å². The summed E-state index contributed by atoms with van der Waals surface area (Å²) in [5, 5.41) is 3.28. The van der Waals surface area contributed by atoms with Crippen LogP contribution in [0.25, 0.3) is 0 Å². The number of nitrogens with one attached hydrogen (secondary N) is 1. The summed E-state index contributed by atoms with van der Waals surface area (Å²) in [4.78, 5) is 8.50. The Morgan fingerprint density at radius 3 is 2.75 bits per heavy atom. The van der Waals surface area contributed by atoms with E-state index in [-0.39, 0.29) is 6.04 Å². The molecule has 0 saturated carbocycles. The van der Waals surface area contributed by atoms with Crippen molar-refractivity contribution in [3.63, 3.8) is 0 Å². The number of nitrogens with two attached hydrogens (primary N) is 1. The zero-order chi connectivity index (χ0) is 14.2. The van der Waals surface area contributed by atoms with Crippen LogP contribution in [0.2, 0.25) is 0 Å². The van der Waals surface area contributed by atoms with E-state index in [4.69, 9.17) is 10.5 Å². The molecule has 0 saturated heterocycles. The van der Waals surface area contributed by atoms with Crippen LogP contribution in [0.15, 0.2) is 42.7 Å². The highest BCUT2D eigenvalue weighted by Gasteiger charge is 2.10. The van der Waals surface area contributed by atoms with Gasteiger partial charge in [0.1, 0.15) is 5.82 Å². The molecule has 106 valence electrons. The molecule has 0 bridgehead atoms. The van der Waals surface area contributed by atoms with Crippen molar-refractivity contribution < 1.29 is 4.74 Å². The van der Waals surface area contributed by atoms with Crippen LogP contribution in [0.4, 0.5) is 5.82 Å². The number of ether oxygens (including phenoxy) is 1. The molecule has 5 nitrogen and oxygen atoms in total. The Hall–Kier alpha value is -2.14. The fraction of sp³-hybridized carbons (Fsp3) is 0.333. The lowest BCUT2D eigenvalue weighted by Crippen LogP contribution is -2.21. The lowest BCUT2D eigenvalue weighted by molar-refractivity contribution is 0.304. The molecule has 3 N–H and O–H groups in total. The molecule has 1 aromatic carbocycles. The maximum absolute atomic E-state index is 5.83. The Morgan fingerprint density at radius 1 is 1.25 bits per heavy atom. The van der Waals surface area contributed by atoms with Crippen molar-refractivity contribution in [3.8, 4) is 5.88 Å². The molecule has 0 fully saturated rings. The molecule has 20 heavy (non-hydrogen) atoms. The summed E-state index contributed by atoms with van der Waals surface area (Å²) in [6.07, 6.45) is 4.22. The van der Waals surface area contributed by atoms with Crippen molar-refractivity contribution in [1.82, 2.24) is 9.97 Å². The average molecular weight is 272 g/mol. The Morgan fingerprint density at radius 2 is 2.05 bits per heavy atom. The summed E-state index contributed by atoms with van der Waals surface area (Å²) in [5.41, 5.74) is 6.95. The maximum atomic E-state index is 5.83. The minimum absolute atomic E-state index is 0.00641. The summed E-state index contributed by atoms with van der Waals surface area (Å²) in [7, 11) is 0. The van der Waals surface area contributed by atoms with E-state index in [1.165, 1.54) is 0 Å². The van der Waals surface area contributed by atoms with Crippen molar-refractivity contribution >= 4 is 5.82 Å². The summed E-state index contributed by atoms with van der Waals surface area (Å²) >= 11 is 0. The minimum Gasteiger partial charge on any atom is -0.477 e. The molecular weight excluding hydrogens is 252 g/mol. The van der Waals surface area contributed by atoms with Crippen LogP contribution in [-0.2, 0) is 0 Å². The fourth-order valence-corrected chi connectivity index (χ4v) is 1.84. The van der Waals surface area contributed by atoms with E-state index in [0.717, 1.165) is 12.0 Å². The SMILES string of the molecule is CCCOc1cncc(NC(CN)c2ccccc2)n1. The first kappa shape index (κ1) is 14.3. The topological polar surface area (TPSA) is 73.1 Å². The van der Waals surface area contributed by atoms with Gasteiger partial charge in [0, 0.05) is 6.54 Å². The van der Waals surface area contributed by atoms with Gasteiger partial charge in [-0.2, -0.15) is 4.98 Å². The molecule has 1 unspecified atom stereocenters. The van der Waals surface area contributed by atoms with Crippen molar-refractivity contribution in [2.24, 2.45) is 5.73 Å². The van der Waals surface area contributed by atoms with E-state index >= 15 is 0 Å². The van der Waals surface area contributed by atoms with Crippen LogP contribution in [0, 0.1) is 0 Å². The molecule has 1 heterocycles. The first-order chi connectivity index (χ1) is 9.83. The number of hydrogen-bond donors (Lipinski definition) is 2. The van der Waals surface area contributed by atoms with Gasteiger partial charge >= 0.3 is 0 Å². The van der Waals surface area contributed by atoms with E-state index in [1.54, 1.807) is 12.4 Å². The monoisotopic (exact) mass is 272 g/mol. The van der Waals surface area contributed by atoms with Gasteiger partial charge in [0.15, 0.2) is 0 Å². The highest BCUT2D eigenvalue weighted by atomic mass is 16.5. The van der Waals surface area contributed by atoms with Gasteiger partial charge in [-0.25, -0.2) is 0 Å². The first-order valence-electron chi connectivity index (χ1n) is 6.80. The van der Waals surface area contributed by atoms with Gasteiger partial charge in [-0.1, -0.05) is 37.3 Å². The van der Waals surface area contributed by atoms with Gasteiger partial charge in [0.2, 0.25) is 5.88 Å². The standard InChI is InChI=1S/C15H20N4O/c1-2-8-20-15-11-17-10-14(19-15)18-13(9-16)12-6-4-3-5-7-12/h3-7,10-11,13H,2,8-9,16H2,1H3,(H,18,19). The number of hydrogen-bond acceptors (Lipinski definition) is 5. The van der Waals surface area contributed by atoms with E-state index < -0.39 is 0 Å². The largest absolute Gasteiger partial charge is 0.477 e. The van der Waals surface area contributed by atoms with Crippen LogP contribution in [0.5, 0.6) is 5.88 Å². The normalized spacial score (nSPS) is 11.9. The van der Waals surface area contributed by atoms with E-state index in [1.807, 2.05) is 30.3 Å². The molecule has 0 amide bonds. The number of rotatable bonds is 7. The van der Waals surface area contributed by atoms with E-state index in [0.29, 0.717) is 24.8 Å². The molecule has 5 heteroatoms. The predicted octanol–water partition coefficient (Wildman–Crippen LogP) is 2.38. The summed E-state index contributed by atoms with van der Waals surface area (Å²) < 4.78 is 5.47. The third kappa shape index (κ3) is 3.93. The molecule has 0 aliphatic rings. The zero-order valence-corrected chi connectivity index (χ0v) is 11.6. The van der Waals surface area contributed by atoms with Crippen molar-refractivity contribution in [2.75, 3.05) is 18.5 Å². The number of aromatic nitrogens is 2. The number of nitrogens with zero attached hydrogens (tertiary/aromatic N) is 2. The Kier molecular flexibility index (Phi) is 5.32. The molecule has 1 aromatic heterocycles. The smallest absolute Gasteiger partial charge is 0.234 e. The van der Waals surface area contributed by atoms with E-state index in [2.05, 4.69) is 22.2 Å². The van der Waals surface area contributed by atoms with Crippen LogP contribution in [0.3, 0.4) is 0 Å². The molecular formula is C15H20N4O. The number of anilines is 1. The van der Waals surface area contributed by atoms with Gasteiger partial charge in [-0.05, 0) is 12.0 Å². The van der Waals surface area contributed by atoms with Gasteiger partial charge in [-0.3, -0.25) is 4.98 Å². The van der Waals surface area contributed by atoms with Crippen molar-refractivity contribution in [3.05, 3.63) is 48.3 Å². The lowest BCUT2D eigenvalue weighted by atomic mass is 10.1. The highest BCUT2D eigenvalue weighted by molar-refractivity contribution is 5.38. The van der Waals surface area contributed by atoms with Gasteiger partial charge in [0.25, 0.3) is 0 Å². The molecule has 0 aliphatic carbocycles. The summed E-state index contributed by atoms with van der Waals surface area (Å²) in [5.74, 6) is 1.19. The van der Waals surface area contributed by atoms with Crippen LogP contribution in [-0.4, -0.2) is 23.1 Å². The summed E-state index contributed by atoms with van der Waals surface area (Å²) in [6, 6.07) is 10.0. The van der Waals surface area contributed by atoms with Crippen LogP contribution < -0.4 is 15.8 Å². The molecule has 1 atom stereocenters. The maximum Gasteiger partial charge on any atom is 0.234 e. The molecule has 2 aromatic rings.